The van der Waals surface area contributed by atoms with E-state index in [-0.39, 0.29) is 18.0 Å². The minimum absolute atomic E-state index is 0.0491. The van der Waals surface area contributed by atoms with E-state index in [1.165, 1.54) is 28.4 Å². The van der Waals surface area contributed by atoms with Gasteiger partial charge in [0.05, 0.1) is 30.8 Å². The zero-order valence-electron chi connectivity index (χ0n) is 26.1. The zero-order chi connectivity index (χ0) is 30.4. The monoisotopic (exact) mass is 594 g/mol. The van der Waals surface area contributed by atoms with Gasteiger partial charge in [0.15, 0.2) is 0 Å². The summed E-state index contributed by atoms with van der Waals surface area (Å²) in [5, 5.41) is 12.2. The van der Waals surface area contributed by atoms with Crippen LogP contribution in [0.1, 0.15) is 36.1 Å². The highest BCUT2D eigenvalue weighted by Crippen LogP contribution is 2.36. The van der Waals surface area contributed by atoms with Crippen LogP contribution in [0.2, 0.25) is 0 Å². The van der Waals surface area contributed by atoms with E-state index in [1.807, 2.05) is 16.8 Å². The highest BCUT2D eigenvalue weighted by atomic mass is 16.5. The number of hydrogen-bond donors (Lipinski definition) is 0. The second-order valence-corrected chi connectivity index (χ2v) is 12.9. The van der Waals surface area contributed by atoms with Crippen molar-refractivity contribution in [3.8, 4) is 12.1 Å². The SMILES string of the molecule is Cc1cccc2cccc(N3CCc4c(nc(OC[C@@H]5CCCN5C)nc4N4CCN(C(=O)[C@H]5CN5C)[C@@H](CC#N)C4)C3)c12. The Kier molecular flexibility index (Phi) is 7.77. The number of carbonyl (C=O) groups excluding carboxylic acids is 1. The number of ether oxygens (including phenoxy) is 1. The Balaban J connectivity index is 1.20. The number of benzene rings is 2. The molecule has 0 saturated carbocycles. The quantitative estimate of drug-likeness (QED) is 0.383. The fourth-order valence-electron chi connectivity index (χ4n) is 7.35. The number of rotatable bonds is 7. The first-order valence-electron chi connectivity index (χ1n) is 16.0. The molecule has 0 N–H and O–H groups in total. The van der Waals surface area contributed by atoms with Crippen molar-refractivity contribution < 1.29 is 9.53 Å². The van der Waals surface area contributed by atoms with E-state index in [0.29, 0.717) is 51.3 Å². The Hall–Kier alpha value is -3.94. The molecule has 4 aliphatic heterocycles. The van der Waals surface area contributed by atoms with Gasteiger partial charge in [-0.1, -0.05) is 30.3 Å². The van der Waals surface area contributed by atoms with E-state index in [2.05, 4.69) is 71.1 Å². The molecule has 4 atom stereocenters. The van der Waals surface area contributed by atoms with Crippen LogP contribution in [0.15, 0.2) is 36.4 Å². The van der Waals surface area contributed by atoms with Crippen LogP contribution in [-0.4, -0.2) is 109 Å². The molecule has 0 bridgehead atoms. The van der Waals surface area contributed by atoms with E-state index < -0.39 is 0 Å². The lowest BCUT2D eigenvalue weighted by atomic mass is 9.99. The Bertz CT molecular complexity index is 1600. The van der Waals surface area contributed by atoms with E-state index in [1.54, 1.807) is 0 Å². The number of likely N-dealkylation sites (tertiary alicyclic amines) is 1. The van der Waals surface area contributed by atoms with Crippen LogP contribution in [0.25, 0.3) is 10.8 Å². The summed E-state index contributed by atoms with van der Waals surface area (Å²) in [7, 11) is 4.12. The average molecular weight is 595 g/mol. The summed E-state index contributed by atoms with van der Waals surface area (Å²) in [6.45, 7) is 7.99. The number of aromatic nitrogens is 2. The molecule has 1 amide bonds. The molecule has 4 aliphatic rings. The summed E-state index contributed by atoms with van der Waals surface area (Å²) in [5.41, 5.74) is 4.65. The first kappa shape index (κ1) is 28.8. The minimum Gasteiger partial charge on any atom is -0.462 e. The van der Waals surface area contributed by atoms with Gasteiger partial charge >= 0.3 is 6.01 Å². The van der Waals surface area contributed by atoms with E-state index in [0.717, 1.165) is 49.6 Å². The van der Waals surface area contributed by atoms with Gasteiger partial charge in [0, 0.05) is 55.4 Å². The minimum atomic E-state index is -0.170. The molecule has 7 rings (SSSR count). The van der Waals surface area contributed by atoms with E-state index in [4.69, 9.17) is 14.7 Å². The van der Waals surface area contributed by atoms with Gasteiger partial charge in [-0.15, -0.1) is 0 Å². The molecule has 10 heteroatoms. The second-order valence-electron chi connectivity index (χ2n) is 12.9. The Labute approximate surface area is 259 Å². The fourth-order valence-corrected chi connectivity index (χ4v) is 7.35. The van der Waals surface area contributed by atoms with Crippen molar-refractivity contribution in [1.82, 2.24) is 24.7 Å². The molecule has 10 nitrogen and oxygen atoms in total. The first-order chi connectivity index (χ1) is 21.4. The molecule has 0 spiro atoms. The number of anilines is 2. The third-order valence-corrected chi connectivity index (χ3v) is 10.1. The molecule has 44 heavy (non-hydrogen) atoms. The van der Waals surface area contributed by atoms with Gasteiger partial charge in [-0.25, -0.2) is 0 Å². The number of aryl methyl sites for hydroxylation is 1. The fraction of sp³-hybridized carbons (Fsp3) is 0.529. The molecule has 3 fully saturated rings. The van der Waals surface area contributed by atoms with Gasteiger partial charge in [-0.05, 0) is 63.8 Å². The molecule has 5 heterocycles. The number of nitrogens with zero attached hydrogens (tertiary/aromatic N) is 8. The van der Waals surface area contributed by atoms with Crippen molar-refractivity contribution in [2.75, 3.05) is 69.8 Å². The lowest BCUT2D eigenvalue weighted by Crippen LogP contribution is -2.57. The van der Waals surface area contributed by atoms with Crippen molar-refractivity contribution in [3.05, 3.63) is 53.2 Å². The molecular formula is C34H42N8O2. The summed E-state index contributed by atoms with van der Waals surface area (Å²) in [6.07, 6.45) is 3.41. The highest BCUT2D eigenvalue weighted by Gasteiger charge is 2.43. The third kappa shape index (κ3) is 5.44. The van der Waals surface area contributed by atoms with Gasteiger partial charge in [0.2, 0.25) is 5.91 Å². The molecule has 1 unspecified atom stereocenters. The Morgan fingerprint density at radius 3 is 2.57 bits per heavy atom. The lowest BCUT2D eigenvalue weighted by molar-refractivity contribution is -0.134. The maximum absolute atomic E-state index is 13.2. The van der Waals surface area contributed by atoms with Crippen molar-refractivity contribution in [2.24, 2.45) is 0 Å². The average Bonchev–Trinajstić information content (AvgIpc) is 3.63. The standard InChI is InChI=1S/C34H42N8O2/c1-23-7-4-8-24-9-5-11-29(31(23)24)40-16-13-27-28(20-40)36-34(44-22-26-10-6-15-38(26)2)37-32(27)41-17-18-42(25(19-41)12-14-35)33(43)30-21-39(30)3/h4-5,7-9,11,25-26,30H,6,10,12-13,15-22H2,1-3H3/t25-,26-,30+,39?/m0/s1. The molecule has 0 aliphatic carbocycles. The molecule has 3 saturated heterocycles. The lowest BCUT2D eigenvalue weighted by Gasteiger charge is -2.42. The van der Waals surface area contributed by atoms with Gasteiger partial charge < -0.3 is 24.3 Å². The van der Waals surface area contributed by atoms with Crippen molar-refractivity contribution in [3.63, 3.8) is 0 Å². The summed E-state index contributed by atoms with van der Waals surface area (Å²) in [4.78, 5) is 34.3. The normalized spacial score (nSPS) is 25.2. The third-order valence-electron chi connectivity index (χ3n) is 10.1. The van der Waals surface area contributed by atoms with E-state index in [9.17, 15) is 10.1 Å². The maximum atomic E-state index is 13.2. The molecular weight excluding hydrogens is 552 g/mol. The van der Waals surface area contributed by atoms with Crippen molar-refractivity contribution in [2.45, 2.75) is 57.3 Å². The number of likely N-dealkylation sites (N-methyl/N-ethyl adjacent to an activating group) is 2. The predicted molar refractivity (Wildman–Crippen MR) is 171 cm³/mol. The predicted octanol–water partition coefficient (Wildman–Crippen LogP) is 3.22. The number of nitriles is 1. The van der Waals surface area contributed by atoms with Crippen molar-refractivity contribution >= 4 is 28.2 Å². The topological polar surface area (TPSA) is 91.8 Å². The summed E-state index contributed by atoms with van der Waals surface area (Å²) in [6, 6.07) is 15.9. The number of hydrogen-bond acceptors (Lipinski definition) is 9. The van der Waals surface area contributed by atoms with Crippen molar-refractivity contribution in [1.29, 1.82) is 5.26 Å². The smallest absolute Gasteiger partial charge is 0.318 e. The number of piperazine rings is 1. The van der Waals surface area contributed by atoms with Crippen LogP contribution < -0.4 is 14.5 Å². The van der Waals surface area contributed by atoms with Crippen LogP contribution in [0.3, 0.4) is 0 Å². The van der Waals surface area contributed by atoms with Crippen LogP contribution in [0, 0.1) is 18.3 Å². The zero-order valence-corrected chi connectivity index (χ0v) is 26.1. The van der Waals surface area contributed by atoms with Crippen LogP contribution in [-0.2, 0) is 17.8 Å². The van der Waals surface area contributed by atoms with Crippen LogP contribution >= 0.6 is 0 Å². The maximum Gasteiger partial charge on any atom is 0.318 e. The largest absolute Gasteiger partial charge is 0.462 e. The molecule has 1 aromatic heterocycles. The van der Waals surface area contributed by atoms with Gasteiger partial charge in [0.25, 0.3) is 0 Å². The summed E-state index contributed by atoms with van der Waals surface area (Å²) >= 11 is 0. The van der Waals surface area contributed by atoms with Gasteiger partial charge in [0.1, 0.15) is 18.5 Å². The highest BCUT2D eigenvalue weighted by molar-refractivity contribution is 5.97. The van der Waals surface area contributed by atoms with E-state index >= 15 is 0 Å². The molecule has 0 radical (unpaired) electrons. The van der Waals surface area contributed by atoms with Crippen LogP contribution in [0.5, 0.6) is 6.01 Å². The number of carbonyl (C=O) groups is 1. The number of amides is 1. The van der Waals surface area contributed by atoms with Gasteiger partial charge in [-0.3, -0.25) is 9.69 Å². The van der Waals surface area contributed by atoms with Crippen LogP contribution in [0.4, 0.5) is 11.5 Å². The first-order valence-corrected chi connectivity index (χ1v) is 16.0. The molecule has 2 aromatic carbocycles. The Morgan fingerprint density at radius 2 is 1.82 bits per heavy atom. The summed E-state index contributed by atoms with van der Waals surface area (Å²) < 4.78 is 6.34. The summed E-state index contributed by atoms with van der Waals surface area (Å²) in [5.74, 6) is 1.04. The number of fused-ring (bicyclic) bond motifs is 2. The Morgan fingerprint density at radius 1 is 1.00 bits per heavy atom. The van der Waals surface area contributed by atoms with Gasteiger partial charge in [-0.2, -0.15) is 15.2 Å². The molecule has 3 aromatic rings. The molecule has 230 valence electrons. The second kappa shape index (κ2) is 11.9.